The molecule has 0 unspecified atom stereocenters. The van der Waals surface area contributed by atoms with Crippen LogP contribution in [0.15, 0.2) is 18.2 Å². The van der Waals surface area contributed by atoms with Gasteiger partial charge in [-0.1, -0.05) is 42.1 Å². The standard InChI is InChI=1S/C15H19Cl2NO/c16-11-5-3-6-12(17)13(11)14-10-4-1-2-7-15(10,19)8-9-18-14/h3,5-6,10,14,18-19H,1-2,4,7-9H2/t10-,14-,15+/m1/s1. The lowest BCUT2D eigenvalue weighted by molar-refractivity contribution is -0.0861. The van der Waals surface area contributed by atoms with E-state index in [-0.39, 0.29) is 12.0 Å². The minimum Gasteiger partial charge on any atom is -0.389 e. The summed E-state index contributed by atoms with van der Waals surface area (Å²) in [5, 5.41) is 15.8. The first-order chi connectivity index (χ1) is 9.12. The molecule has 0 amide bonds. The number of fused-ring (bicyclic) bond motifs is 1. The zero-order valence-electron chi connectivity index (χ0n) is 10.8. The van der Waals surface area contributed by atoms with E-state index in [9.17, 15) is 5.11 Å². The molecule has 0 bridgehead atoms. The first-order valence-corrected chi connectivity index (χ1v) is 7.77. The lowest BCUT2D eigenvalue weighted by Crippen LogP contribution is -2.53. The van der Waals surface area contributed by atoms with Gasteiger partial charge in [0, 0.05) is 27.6 Å². The maximum atomic E-state index is 10.9. The highest BCUT2D eigenvalue weighted by atomic mass is 35.5. The van der Waals surface area contributed by atoms with Crippen molar-refractivity contribution in [1.82, 2.24) is 5.32 Å². The summed E-state index contributed by atoms with van der Waals surface area (Å²) < 4.78 is 0. The van der Waals surface area contributed by atoms with Gasteiger partial charge in [0.1, 0.15) is 0 Å². The molecule has 1 heterocycles. The number of nitrogens with one attached hydrogen (secondary N) is 1. The van der Waals surface area contributed by atoms with Crippen molar-refractivity contribution in [3.63, 3.8) is 0 Å². The van der Waals surface area contributed by atoms with Gasteiger partial charge in [0.25, 0.3) is 0 Å². The van der Waals surface area contributed by atoms with Gasteiger partial charge < -0.3 is 10.4 Å². The molecule has 104 valence electrons. The van der Waals surface area contributed by atoms with E-state index in [0.717, 1.165) is 37.8 Å². The average Bonchev–Trinajstić information content (AvgIpc) is 2.38. The summed E-state index contributed by atoms with van der Waals surface area (Å²) in [6.45, 7) is 0.819. The Labute approximate surface area is 124 Å². The zero-order valence-corrected chi connectivity index (χ0v) is 12.3. The number of benzene rings is 1. The van der Waals surface area contributed by atoms with E-state index in [4.69, 9.17) is 23.2 Å². The summed E-state index contributed by atoms with van der Waals surface area (Å²) in [6, 6.07) is 5.69. The summed E-state index contributed by atoms with van der Waals surface area (Å²) >= 11 is 12.7. The van der Waals surface area contributed by atoms with Crippen molar-refractivity contribution in [1.29, 1.82) is 0 Å². The van der Waals surface area contributed by atoms with Gasteiger partial charge in [-0.25, -0.2) is 0 Å². The molecule has 0 spiro atoms. The fraction of sp³-hybridized carbons (Fsp3) is 0.600. The van der Waals surface area contributed by atoms with Crippen LogP contribution in [0.3, 0.4) is 0 Å². The van der Waals surface area contributed by atoms with Crippen molar-refractivity contribution in [2.45, 2.75) is 43.7 Å². The van der Waals surface area contributed by atoms with Crippen LogP contribution in [0.4, 0.5) is 0 Å². The number of rotatable bonds is 1. The lowest BCUT2D eigenvalue weighted by atomic mass is 9.67. The Hall–Kier alpha value is -0.280. The second kappa shape index (κ2) is 5.25. The third-order valence-corrected chi connectivity index (χ3v) is 5.36. The third-order valence-electron chi connectivity index (χ3n) is 4.70. The monoisotopic (exact) mass is 299 g/mol. The van der Waals surface area contributed by atoms with Crippen molar-refractivity contribution < 1.29 is 5.11 Å². The first kappa shape index (κ1) is 13.7. The van der Waals surface area contributed by atoms with Gasteiger partial charge in [0.15, 0.2) is 0 Å². The van der Waals surface area contributed by atoms with Crippen LogP contribution in [0.1, 0.15) is 43.7 Å². The summed E-state index contributed by atoms with van der Waals surface area (Å²) in [7, 11) is 0. The Morgan fingerprint density at radius 1 is 1.16 bits per heavy atom. The molecule has 2 aliphatic rings. The predicted octanol–water partition coefficient (Wildman–Crippen LogP) is 3.95. The van der Waals surface area contributed by atoms with E-state index in [1.807, 2.05) is 18.2 Å². The molecule has 2 nitrogen and oxygen atoms in total. The van der Waals surface area contributed by atoms with Crippen LogP contribution in [0.2, 0.25) is 10.0 Å². The zero-order chi connectivity index (χ0) is 13.5. The lowest BCUT2D eigenvalue weighted by Gasteiger charge is -2.48. The van der Waals surface area contributed by atoms with E-state index in [1.165, 1.54) is 6.42 Å². The number of hydrogen-bond donors (Lipinski definition) is 2. The number of piperidine rings is 1. The molecule has 2 N–H and O–H groups in total. The molecule has 1 saturated carbocycles. The first-order valence-electron chi connectivity index (χ1n) is 7.01. The van der Waals surface area contributed by atoms with Crippen molar-refractivity contribution in [2.75, 3.05) is 6.54 Å². The van der Waals surface area contributed by atoms with E-state index in [1.54, 1.807) is 0 Å². The van der Waals surface area contributed by atoms with Gasteiger partial charge in [0.2, 0.25) is 0 Å². The van der Waals surface area contributed by atoms with Crippen LogP contribution in [0.5, 0.6) is 0 Å². The molecule has 1 aliphatic heterocycles. The van der Waals surface area contributed by atoms with Crippen LogP contribution < -0.4 is 5.32 Å². The molecule has 0 aromatic heterocycles. The molecule has 19 heavy (non-hydrogen) atoms. The van der Waals surface area contributed by atoms with Gasteiger partial charge in [-0.3, -0.25) is 0 Å². The van der Waals surface area contributed by atoms with Crippen LogP contribution in [0, 0.1) is 5.92 Å². The largest absolute Gasteiger partial charge is 0.389 e. The van der Waals surface area contributed by atoms with Crippen LogP contribution in [0.25, 0.3) is 0 Å². The van der Waals surface area contributed by atoms with E-state index in [0.29, 0.717) is 10.0 Å². The van der Waals surface area contributed by atoms with E-state index >= 15 is 0 Å². The second-order valence-electron chi connectivity index (χ2n) is 5.77. The highest BCUT2D eigenvalue weighted by Gasteiger charge is 2.46. The van der Waals surface area contributed by atoms with Crippen molar-refractivity contribution in [3.05, 3.63) is 33.8 Å². The Morgan fingerprint density at radius 3 is 2.63 bits per heavy atom. The number of aliphatic hydroxyl groups is 1. The minimum absolute atomic E-state index is 0.0697. The Kier molecular flexibility index (Phi) is 3.78. The molecule has 3 rings (SSSR count). The molecule has 1 saturated heterocycles. The summed E-state index contributed by atoms with van der Waals surface area (Å²) in [6.07, 6.45) is 5.06. The van der Waals surface area contributed by atoms with Crippen LogP contribution >= 0.6 is 23.2 Å². The quantitative estimate of drug-likeness (QED) is 0.823. The smallest absolute Gasteiger partial charge is 0.0706 e. The molecule has 4 heteroatoms. The molecule has 1 aliphatic carbocycles. The fourth-order valence-corrected chi connectivity index (χ4v) is 4.37. The number of halogens is 2. The number of hydrogen-bond acceptors (Lipinski definition) is 2. The topological polar surface area (TPSA) is 32.3 Å². The third kappa shape index (κ3) is 2.40. The Balaban J connectivity index is 1.99. The highest BCUT2D eigenvalue weighted by Crippen LogP contribution is 2.48. The molecular formula is C15H19Cl2NO. The summed E-state index contributed by atoms with van der Waals surface area (Å²) in [4.78, 5) is 0. The Morgan fingerprint density at radius 2 is 1.89 bits per heavy atom. The van der Waals surface area contributed by atoms with Gasteiger partial charge in [-0.05, 0) is 37.9 Å². The van der Waals surface area contributed by atoms with E-state index < -0.39 is 5.60 Å². The summed E-state index contributed by atoms with van der Waals surface area (Å²) in [5.41, 5.74) is 0.410. The van der Waals surface area contributed by atoms with Crippen molar-refractivity contribution in [2.24, 2.45) is 5.92 Å². The highest BCUT2D eigenvalue weighted by molar-refractivity contribution is 6.36. The summed E-state index contributed by atoms with van der Waals surface area (Å²) in [5.74, 6) is 0.215. The Bertz CT molecular complexity index is 455. The molecule has 0 radical (unpaired) electrons. The van der Waals surface area contributed by atoms with Crippen LogP contribution in [-0.2, 0) is 0 Å². The fourth-order valence-electron chi connectivity index (χ4n) is 3.73. The molecule has 1 aromatic carbocycles. The van der Waals surface area contributed by atoms with Crippen molar-refractivity contribution in [3.8, 4) is 0 Å². The van der Waals surface area contributed by atoms with Gasteiger partial charge in [-0.15, -0.1) is 0 Å². The average molecular weight is 300 g/mol. The van der Waals surface area contributed by atoms with Gasteiger partial charge in [-0.2, -0.15) is 0 Å². The molecule has 1 aromatic rings. The SMILES string of the molecule is O[C@]12CCCC[C@@H]1[C@H](c1c(Cl)cccc1Cl)NCC2. The maximum absolute atomic E-state index is 10.9. The maximum Gasteiger partial charge on any atom is 0.0706 e. The minimum atomic E-state index is -0.545. The van der Waals surface area contributed by atoms with Gasteiger partial charge in [0.05, 0.1) is 5.60 Å². The van der Waals surface area contributed by atoms with Gasteiger partial charge >= 0.3 is 0 Å². The normalized spacial score (nSPS) is 34.9. The predicted molar refractivity (Wildman–Crippen MR) is 78.7 cm³/mol. The molecular weight excluding hydrogens is 281 g/mol. The van der Waals surface area contributed by atoms with Crippen LogP contribution in [-0.4, -0.2) is 17.3 Å². The molecule has 2 fully saturated rings. The molecule has 3 atom stereocenters. The van der Waals surface area contributed by atoms with Crippen molar-refractivity contribution >= 4 is 23.2 Å². The van der Waals surface area contributed by atoms with E-state index in [2.05, 4.69) is 5.32 Å². The second-order valence-corrected chi connectivity index (χ2v) is 6.59.